The normalized spacial score (nSPS) is 21.7. The Morgan fingerprint density at radius 3 is 2.79 bits per heavy atom. The van der Waals surface area contributed by atoms with Crippen molar-refractivity contribution in [3.8, 4) is 0 Å². The van der Waals surface area contributed by atoms with E-state index in [1.165, 1.54) is 0 Å². The van der Waals surface area contributed by atoms with Gasteiger partial charge in [0, 0.05) is 19.7 Å². The molecule has 19 heavy (non-hydrogen) atoms. The van der Waals surface area contributed by atoms with Crippen LogP contribution in [0.1, 0.15) is 39.5 Å². The maximum absolute atomic E-state index is 12.2. The zero-order valence-electron chi connectivity index (χ0n) is 12.2. The van der Waals surface area contributed by atoms with E-state index < -0.39 is 10.0 Å². The van der Waals surface area contributed by atoms with E-state index >= 15 is 0 Å². The van der Waals surface area contributed by atoms with Crippen molar-refractivity contribution in [2.75, 3.05) is 38.5 Å². The van der Waals surface area contributed by atoms with Crippen LogP contribution in [0.5, 0.6) is 0 Å². The van der Waals surface area contributed by atoms with Gasteiger partial charge in [-0.3, -0.25) is 0 Å². The van der Waals surface area contributed by atoms with Gasteiger partial charge in [-0.2, -0.15) is 4.31 Å². The Morgan fingerprint density at radius 2 is 2.11 bits per heavy atom. The fourth-order valence-corrected chi connectivity index (χ4v) is 3.91. The Balaban J connectivity index is 2.34. The number of ether oxygens (including phenoxy) is 1. The van der Waals surface area contributed by atoms with Crippen molar-refractivity contribution < 1.29 is 13.2 Å². The first-order valence-corrected chi connectivity index (χ1v) is 9.01. The number of rotatable bonds is 9. The number of hydrogen-bond acceptors (Lipinski definition) is 4. The average molecular weight is 292 g/mol. The van der Waals surface area contributed by atoms with Crippen molar-refractivity contribution >= 4 is 10.0 Å². The van der Waals surface area contributed by atoms with Gasteiger partial charge in [-0.15, -0.1) is 0 Å². The van der Waals surface area contributed by atoms with Crippen LogP contribution in [0.15, 0.2) is 0 Å². The van der Waals surface area contributed by atoms with Gasteiger partial charge >= 0.3 is 0 Å². The molecular weight excluding hydrogens is 264 g/mol. The summed E-state index contributed by atoms with van der Waals surface area (Å²) in [7, 11) is -3.11. The van der Waals surface area contributed by atoms with Crippen molar-refractivity contribution in [1.82, 2.24) is 9.62 Å². The van der Waals surface area contributed by atoms with E-state index in [4.69, 9.17) is 4.74 Å². The lowest BCUT2D eigenvalue weighted by Crippen LogP contribution is -2.44. The predicted octanol–water partition coefficient (Wildman–Crippen LogP) is 1.21. The van der Waals surface area contributed by atoms with Crippen molar-refractivity contribution in [3.63, 3.8) is 0 Å². The summed E-state index contributed by atoms with van der Waals surface area (Å²) in [5, 5.41) is 3.23. The minimum Gasteiger partial charge on any atom is -0.377 e. The molecule has 6 heteroatoms. The van der Waals surface area contributed by atoms with Gasteiger partial charge in [-0.25, -0.2) is 8.42 Å². The molecule has 0 aromatic carbocycles. The van der Waals surface area contributed by atoms with E-state index in [0.717, 1.165) is 32.4 Å². The fourth-order valence-electron chi connectivity index (χ4n) is 2.34. The molecule has 114 valence electrons. The van der Waals surface area contributed by atoms with Crippen molar-refractivity contribution in [3.05, 3.63) is 0 Å². The summed E-state index contributed by atoms with van der Waals surface area (Å²) in [6.45, 7) is 7.61. The maximum atomic E-state index is 12.2. The van der Waals surface area contributed by atoms with Gasteiger partial charge in [-0.05, 0) is 45.7 Å². The molecule has 0 saturated carbocycles. The van der Waals surface area contributed by atoms with Gasteiger partial charge in [-0.1, -0.05) is 6.92 Å². The topological polar surface area (TPSA) is 58.6 Å². The van der Waals surface area contributed by atoms with Gasteiger partial charge in [0.05, 0.1) is 11.9 Å². The highest BCUT2D eigenvalue weighted by Gasteiger charge is 2.28. The second-order valence-electron chi connectivity index (χ2n) is 5.00. The molecule has 1 aliphatic heterocycles. The van der Waals surface area contributed by atoms with E-state index in [0.29, 0.717) is 26.1 Å². The molecule has 1 heterocycles. The Labute approximate surface area is 117 Å². The van der Waals surface area contributed by atoms with Crippen LogP contribution in [0.25, 0.3) is 0 Å². The molecule has 1 rings (SSSR count). The number of hydrogen-bond donors (Lipinski definition) is 1. The molecule has 1 saturated heterocycles. The SMILES string of the molecule is CCCNCCCS(=O)(=O)N1CCCC(OCC)C1. The lowest BCUT2D eigenvalue weighted by Gasteiger charge is -2.31. The molecule has 0 aromatic rings. The first-order chi connectivity index (χ1) is 9.10. The molecule has 1 aliphatic rings. The molecule has 0 radical (unpaired) electrons. The zero-order valence-corrected chi connectivity index (χ0v) is 13.0. The summed E-state index contributed by atoms with van der Waals surface area (Å²) < 4.78 is 31.6. The number of sulfonamides is 1. The number of piperidine rings is 1. The second kappa shape index (κ2) is 8.89. The Bertz CT molecular complexity index is 331. The third-order valence-corrected chi connectivity index (χ3v) is 5.24. The minimum absolute atomic E-state index is 0.0757. The number of nitrogens with zero attached hydrogens (tertiary/aromatic N) is 1. The summed E-state index contributed by atoms with van der Waals surface area (Å²) in [6, 6.07) is 0. The van der Waals surface area contributed by atoms with Gasteiger partial charge in [0.25, 0.3) is 0 Å². The van der Waals surface area contributed by atoms with Crippen LogP contribution >= 0.6 is 0 Å². The third kappa shape index (κ3) is 6.21. The minimum atomic E-state index is -3.11. The summed E-state index contributed by atoms with van der Waals surface area (Å²) in [6.07, 6.45) is 3.70. The Kier molecular flexibility index (Phi) is 7.90. The van der Waals surface area contributed by atoms with Crippen LogP contribution in [-0.4, -0.2) is 57.4 Å². The van der Waals surface area contributed by atoms with Crippen LogP contribution < -0.4 is 5.32 Å². The highest BCUT2D eigenvalue weighted by atomic mass is 32.2. The largest absolute Gasteiger partial charge is 0.377 e. The fraction of sp³-hybridized carbons (Fsp3) is 1.00. The Morgan fingerprint density at radius 1 is 1.32 bits per heavy atom. The quantitative estimate of drug-likeness (QED) is 0.649. The molecule has 0 aromatic heterocycles. The van der Waals surface area contributed by atoms with Gasteiger partial charge < -0.3 is 10.1 Å². The molecule has 1 unspecified atom stereocenters. The summed E-state index contributed by atoms with van der Waals surface area (Å²) in [5.41, 5.74) is 0. The molecule has 1 fully saturated rings. The van der Waals surface area contributed by atoms with Gasteiger partial charge in [0.1, 0.15) is 0 Å². The highest BCUT2D eigenvalue weighted by molar-refractivity contribution is 7.89. The highest BCUT2D eigenvalue weighted by Crippen LogP contribution is 2.17. The van der Waals surface area contributed by atoms with Crippen LogP contribution in [0.2, 0.25) is 0 Å². The summed E-state index contributed by atoms with van der Waals surface area (Å²) >= 11 is 0. The van der Waals surface area contributed by atoms with Crippen LogP contribution in [0.3, 0.4) is 0 Å². The standard InChI is InChI=1S/C13H28N2O3S/c1-3-8-14-9-6-11-19(16,17)15-10-5-7-13(12-15)18-4-2/h13-14H,3-12H2,1-2H3. The summed E-state index contributed by atoms with van der Waals surface area (Å²) in [5.74, 6) is 0.239. The molecule has 1 N–H and O–H groups in total. The second-order valence-corrected chi connectivity index (χ2v) is 7.09. The summed E-state index contributed by atoms with van der Waals surface area (Å²) in [4.78, 5) is 0. The first-order valence-electron chi connectivity index (χ1n) is 7.40. The third-order valence-electron chi connectivity index (χ3n) is 3.32. The molecule has 5 nitrogen and oxygen atoms in total. The lowest BCUT2D eigenvalue weighted by atomic mass is 10.1. The van der Waals surface area contributed by atoms with Crippen LogP contribution in [-0.2, 0) is 14.8 Å². The van der Waals surface area contributed by atoms with E-state index in [1.807, 2.05) is 6.92 Å². The smallest absolute Gasteiger partial charge is 0.214 e. The molecular formula is C13H28N2O3S. The molecule has 0 amide bonds. The lowest BCUT2D eigenvalue weighted by molar-refractivity contribution is 0.0265. The monoisotopic (exact) mass is 292 g/mol. The maximum Gasteiger partial charge on any atom is 0.214 e. The molecule has 0 bridgehead atoms. The predicted molar refractivity (Wildman–Crippen MR) is 77.8 cm³/mol. The molecule has 0 aliphatic carbocycles. The van der Waals surface area contributed by atoms with Gasteiger partial charge in [0.2, 0.25) is 10.0 Å². The molecule has 0 spiro atoms. The van der Waals surface area contributed by atoms with Crippen LogP contribution in [0.4, 0.5) is 0 Å². The van der Waals surface area contributed by atoms with Crippen LogP contribution in [0, 0.1) is 0 Å². The van der Waals surface area contributed by atoms with E-state index in [9.17, 15) is 8.42 Å². The van der Waals surface area contributed by atoms with Crippen molar-refractivity contribution in [2.24, 2.45) is 0 Å². The van der Waals surface area contributed by atoms with Crippen molar-refractivity contribution in [2.45, 2.75) is 45.6 Å². The van der Waals surface area contributed by atoms with Gasteiger partial charge in [0.15, 0.2) is 0 Å². The molecule has 1 atom stereocenters. The van der Waals surface area contributed by atoms with E-state index in [-0.39, 0.29) is 11.9 Å². The van der Waals surface area contributed by atoms with Crippen molar-refractivity contribution in [1.29, 1.82) is 0 Å². The Hall–Kier alpha value is -0.170. The van der Waals surface area contributed by atoms with E-state index in [1.54, 1.807) is 4.31 Å². The average Bonchev–Trinajstić information content (AvgIpc) is 2.39. The zero-order chi connectivity index (χ0) is 14.1. The van der Waals surface area contributed by atoms with E-state index in [2.05, 4.69) is 12.2 Å². The number of nitrogens with one attached hydrogen (secondary N) is 1. The first kappa shape index (κ1) is 16.9.